The Hall–Kier alpha value is -3.32. The molecule has 0 amide bonds. The molecule has 126 valence electrons. The molecule has 5 nitrogen and oxygen atoms in total. The van der Waals surface area contributed by atoms with Gasteiger partial charge in [0.15, 0.2) is 0 Å². The van der Waals surface area contributed by atoms with Crippen molar-refractivity contribution in [2.24, 2.45) is 0 Å². The highest BCUT2D eigenvalue weighted by molar-refractivity contribution is 7.21. The second kappa shape index (κ2) is 5.60. The fraction of sp³-hybridized carbons (Fsp3) is 0. The minimum atomic E-state index is -0.400. The normalized spacial score (nSPS) is 11.4. The van der Waals surface area contributed by atoms with Gasteiger partial charge < -0.3 is 9.72 Å². The lowest BCUT2D eigenvalue weighted by atomic mass is 10.0. The van der Waals surface area contributed by atoms with Crippen LogP contribution < -0.4 is 10.3 Å². The molecule has 1 N–H and O–H groups in total. The molecule has 0 unspecified atom stereocenters. The van der Waals surface area contributed by atoms with Gasteiger partial charge in [0.05, 0.1) is 21.8 Å². The quantitative estimate of drug-likeness (QED) is 0.465. The molecule has 5 aromatic rings. The van der Waals surface area contributed by atoms with E-state index in [0.29, 0.717) is 32.6 Å². The summed E-state index contributed by atoms with van der Waals surface area (Å²) >= 11 is 1.34. The molecule has 0 saturated heterocycles. The molecule has 2 aromatic carbocycles. The lowest BCUT2D eigenvalue weighted by Gasteiger charge is -2.04. The van der Waals surface area contributed by atoms with Crippen LogP contribution in [-0.4, -0.2) is 15.0 Å². The molecule has 3 aromatic heterocycles. The number of aromatic nitrogens is 3. The van der Waals surface area contributed by atoms with Crippen molar-refractivity contribution >= 4 is 43.1 Å². The number of nitrogens with zero attached hydrogens (tertiary/aromatic N) is 2. The van der Waals surface area contributed by atoms with Gasteiger partial charge in [0.2, 0.25) is 0 Å². The van der Waals surface area contributed by atoms with E-state index in [-0.39, 0.29) is 5.56 Å². The largest absolute Gasteiger partial charge is 0.429 e. The molecular formula is C19H10FN3O2S. The van der Waals surface area contributed by atoms with Gasteiger partial charge in [-0.05, 0) is 36.4 Å². The third-order valence-electron chi connectivity index (χ3n) is 4.16. The number of ether oxygens (including phenoxy) is 1. The number of fused-ring (bicyclic) bond motifs is 6. The van der Waals surface area contributed by atoms with Crippen molar-refractivity contribution in [3.8, 4) is 10.9 Å². The van der Waals surface area contributed by atoms with Crippen molar-refractivity contribution in [3.05, 3.63) is 71.2 Å². The van der Waals surface area contributed by atoms with Crippen molar-refractivity contribution in [1.82, 2.24) is 15.0 Å². The monoisotopic (exact) mass is 363 g/mol. The maximum atomic E-state index is 13.8. The van der Waals surface area contributed by atoms with E-state index in [1.807, 2.05) is 0 Å². The summed E-state index contributed by atoms with van der Waals surface area (Å²) in [4.78, 5) is 23.7. The van der Waals surface area contributed by atoms with Gasteiger partial charge in [-0.25, -0.2) is 9.37 Å². The third-order valence-corrected chi connectivity index (χ3v) is 5.13. The zero-order chi connectivity index (χ0) is 17.7. The summed E-state index contributed by atoms with van der Waals surface area (Å²) < 4.78 is 20.5. The van der Waals surface area contributed by atoms with Gasteiger partial charge in [0.25, 0.3) is 10.8 Å². The number of aromatic amines is 1. The van der Waals surface area contributed by atoms with E-state index in [2.05, 4.69) is 15.0 Å². The first-order valence-corrected chi connectivity index (χ1v) is 8.63. The van der Waals surface area contributed by atoms with Crippen LogP contribution in [0, 0.1) is 5.82 Å². The van der Waals surface area contributed by atoms with E-state index in [0.717, 1.165) is 10.1 Å². The van der Waals surface area contributed by atoms with E-state index in [1.165, 1.54) is 23.5 Å². The van der Waals surface area contributed by atoms with Gasteiger partial charge in [0.1, 0.15) is 11.6 Å². The maximum absolute atomic E-state index is 13.8. The number of hydrogen-bond acceptors (Lipinski definition) is 5. The molecule has 3 heterocycles. The fourth-order valence-electron chi connectivity index (χ4n) is 3.08. The smallest absolute Gasteiger partial charge is 0.279 e. The lowest BCUT2D eigenvalue weighted by molar-refractivity contribution is 0.478. The molecule has 0 aliphatic carbocycles. The van der Waals surface area contributed by atoms with Gasteiger partial charge in [0, 0.05) is 28.6 Å². The van der Waals surface area contributed by atoms with Gasteiger partial charge >= 0.3 is 0 Å². The number of H-pyrrole nitrogens is 1. The van der Waals surface area contributed by atoms with Gasteiger partial charge in [-0.3, -0.25) is 9.78 Å². The number of pyridine rings is 2. The summed E-state index contributed by atoms with van der Waals surface area (Å²) in [6, 6.07) is 9.74. The molecule has 0 radical (unpaired) electrons. The highest BCUT2D eigenvalue weighted by Crippen LogP contribution is 2.40. The van der Waals surface area contributed by atoms with Crippen molar-refractivity contribution in [2.75, 3.05) is 0 Å². The standard InChI is InChI=1S/C19H10FN3O2S/c20-10-3-4-12-14(8-10)15-13(5-7-22-18(15)24)17-16(12)23-19(26-17)25-11-2-1-6-21-9-11/h1-9H,(H,22,24). The zero-order valence-corrected chi connectivity index (χ0v) is 14.0. The van der Waals surface area contributed by atoms with Crippen LogP contribution >= 0.6 is 11.3 Å². The minimum absolute atomic E-state index is 0.261. The summed E-state index contributed by atoms with van der Waals surface area (Å²) in [5.74, 6) is 0.174. The second-order valence-corrected chi connectivity index (χ2v) is 6.70. The third kappa shape index (κ3) is 2.25. The predicted octanol–water partition coefficient (Wildman–Crippen LogP) is 4.62. The van der Waals surface area contributed by atoms with Crippen LogP contribution in [0.4, 0.5) is 4.39 Å². The number of thiazole rings is 1. The number of rotatable bonds is 2. The highest BCUT2D eigenvalue weighted by atomic mass is 32.1. The average Bonchev–Trinajstić information content (AvgIpc) is 3.06. The summed E-state index contributed by atoms with van der Waals surface area (Å²) in [5.41, 5.74) is 0.421. The lowest BCUT2D eigenvalue weighted by Crippen LogP contribution is -2.05. The molecule has 0 spiro atoms. The predicted molar refractivity (Wildman–Crippen MR) is 99.5 cm³/mol. The Morgan fingerprint density at radius 2 is 2.04 bits per heavy atom. The molecule has 0 fully saturated rings. The number of benzene rings is 2. The first-order valence-electron chi connectivity index (χ1n) is 7.82. The molecule has 0 bridgehead atoms. The van der Waals surface area contributed by atoms with E-state index < -0.39 is 5.82 Å². The summed E-state index contributed by atoms with van der Waals surface area (Å²) in [6.45, 7) is 0. The average molecular weight is 363 g/mol. The Balaban J connectivity index is 1.87. The van der Waals surface area contributed by atoms with Crippen molar-refractivity contribution < 1.29 is 9.13 Å². The van der Waals surface area contributed by atoms with Crippen LogP contribution in [0.5, 0.6) is 10.9 Å². The molecule has 0 atom stereocenters. The van der Waals surface area contributed by atoms with Crippen LogP contribution in [0.3, 0.4) is 0 Å². The molecule has 7 heteroatoms. The van der Waals surface area contributed by atoms with Crippen molar-refractivity contribution in [2.45, 2.75) is 0 Å². The Kier molecular flexibility index (Phi) is 3.23. The number of hydrogen-bond donors (Lipinski definition) is 1. The highest BCUT2D eigenvalue weighted by Gasteiger charge is 2.16. The van der Waals surface area contributed by atoms with Crippen molar-refractivity contribution in [1.29, 1.82) is 0 Å². The molecular weight excluding hydrogens is 353 g/mol. The minimum Gasteiger partial charge on any atom is -0.429 e. The first kappa shape index (κ1) is 15.0. The summed E-state index contributed by atoms with van der Waals surface area (Å²) in [6.07, 6.45) is 4.84. The molecule has 0 aliphatic heterocycles. The van der Waals surface area contributed by atoms with Crippen LogP contribution in [0.2, 0.25) is 0 Å². The van der Waals surface area contributed by atoms with Crippen LogP contribution in [0.1, 0.15) is 0 Å². The van der Waals surface area contributed by atoms with Gasteiger partial charge in [-0.1, -0.05) is 11.3 Å². The SMILES string of the molecule is O=c1[nH]ccc2c3sc(Oc4cccnc4)nc3c3ccc(F)cc3c12. The zero-order valence-electron chi connectivity index (χ0n) is 13.2. The number of nitrogens with one attached hydrogen (secondary N) is 1. The molecule has 26 heavy (non-hydrogen) atoms. The van der Waals surface area contributed by atoms with Crippen LogP contribution in [0.15, 0.2) is 59.8 Å². The van der Waals surface area contributed by atoms with E-state index in [1.54, 1.807) is 42.9 Å². The van der Waals surface area contributed by atoms with E-state index in [9.17, 15) is 9.18 Å². The van der Waals surface area contributed by atoms with Crippen molar-refractivity contribution in [3.63, 3.8) is 0 Å². The first-order chi connectivity index (χ1) is 12.7. The second-order valence-electron chi connectivity index (χ2n) is 5.73. The maximum Gasteiger partial charge on any atom is 0.279 e. The molecule has 5 rings (SSSR count). The Morgan fingerprint density at radius 1 is 1.12 bits per heavy atom. The molecule has 0 aliphatic rings. The summed E-state index contributed by atoms with van der Waals surface area (Å²) in [7, 11) is 0. The number of halogens is 1. The van der Waals surface area contributed by atoms with E-state index in [4.69, 9.17) is 4.74 Å². The topological polar surface area (TPSA) is 67.9 Å². The Morgan fingerprint density at radius 3 is 2.88 bits per heavy atom. The Labute approximate surface area is 149 Å². The summed E-state index contributed by atoms with van der Waals surface area (Å²) in [5, 5.41) is 2.85. The van der Waals surface area contributed by atoms with E-state index >= 15 is 0 Å². The Bertz CT molecular complexity index is 1350. The van der Waals surface area contributed by atoms with Gasteiger partial charge in [-0.2, -0.15) is 0 Å². The van der Waals surface area contributed by atoms with Crippen LogP contribution in [0.25, 0.3) is 31.8 Å². The fourth-order valence-corrected chi connectivity index (χ4v) is 4.06. The van der Waals surface area contributed by atoms with Gasteiger partial charge in [-0.15, -0.1) is 0 Å². The van der Waals surface area contributed by atoms with Crippen LogP contribution in [-0.2, 0) is 0 Å². The molecule has 0 saturated carbocycles.